The van der Waals surface area contributed by atoms with E-state index in [1.807, 2.05) is 12.1 Å². The van der Waals surface area contributed by atoms with Crippen molar-refractivity contribution in [3.05, 3.63) is 34.3 Å². The van der Waals surface area contributed by atoms with Crippen molar-refractivity contribution in [3.8, 4) is 0 Å². The predicted molar refractivity (Wildman–Crippen MR) is 94.5 cm³/mol. The van der Waals surface area contributed by atoms with Gasteiger partial charge in [0.05, 0.1) is 6.10 Å². The highest BCUT2D eigenvalue weighted by Crippen LogP contribution is 2.25. The van der Waals surface area contributed by atoms with Crippen LogP contribution in [-0.4, -0.2) is 12.6 Å². The zero-order valence-corrected chi connectivity index (χ0v) is 15.1. The molecule has 3 heteroatoms. The summed E-state index contributed by atoms with van der Waals surface area (Å²) in [6, 6.07) is 8.35. The van der Waals surface area contributed by atoms with Crippen LogP contribution in [0.3, 0.4) is 0 Å². The minimum absolute atomic E-state index is 0.00291. The lowest BCUT2D eigenvalue weighted by Gasteiger charge is -2.24. The fourth-order valence-corrected chi connectivity index (χ4v) is 2.87. The van der Waals surface area contributed by atoms with Gasteiger partial charge >= 0.3 is 0 Å². The van der Waals surface area contributed by atoms with Gasteiger partial charge in [0, 0.05) is 17.1 Å². The summed E-state index contributed by atoms with van der Waals surface area (Å²) in [5, 5.41) is 0. The van der Waals surface area contributed by atoms with Gasteiger partial charge in [-0.05, 0) is 30.5 Å². The van der Waals surface area contributed by atoms with E-state index in [0.29, 0.717) is 0 Å². The first-order valence-corrected chi connectivity index (χ1v) is 9.11. The monoisotopic (exact) mass is 355 g/mol. The van der Waals surface area contributed by atoms with Crippen molar-refractivity contribution in [2.45, 2.75) is 70.9 Å². The maximum atomic E-state index is 6.24. The molecule has 0 heterocycles. The molecule has 2 N–H and O–H groups in total. The molecule has 0 bridgehead atoms. The smallest absolute Gasteiger partial charge is 0.0975 e. The molecule has 2 atom stereocenters. The Morgan fingerprint density at radius 2 is 1.81 bits per heavy atom. The Morgan fingerprint density at radius 1 is 1.10 bits per heavy atom. The molecular formula is C18H30BrNO. The lowest BCUT2D eigenvalue weighted by Crippen LogP contribution is -2.29. The van der Waals surface area contributed by atoms with Crippen LogP contribution in [0.25, 0.3) is 0 Å². The lowest BCUT2D eigenvalue weighted by atomic mass is 10.0. The molecule has 2 unspecified atom stereocenters. The summed E-state index contributed by atoms with van der Waals surface area (Å²) in [6.45, 7) is 5.17. The third kappa shape index (κ3) is 7.44. The number of hydrogen-bond donors (Lipinski definition) is 1. The summed E-state index contributed by atoms with van der Waals surface area (Å²) in [7, 11) is 0. The maximum absolute atomic E-state index is 6.24. The van der Waals surface area contributed by atoms with Gasteiger partial charge in [-0.25, -0.2) is 0 Å². The van der Waals surface area contributed by atoms with Gasteiger partial charge in [-0.1, -0.05) is 74.0 Å². The zero-order valence-electron chi connectivity index (χ0n) is 13.5. The standard InChI is InChI=1S/C18H30BrNO/c1-3-5-6-7-8-9-13-21-18(17(20)4-2)15-11-10-12-16(19)14-15/h10-12,14,17-18H,3-9,13,20H2,1-2H3. The SMILES string of the molecule is CCCCCCCCOC(c1cccc(Br)c1)C(N)CC. The normalized spacial score (nSPS) is 14.1. The second kappa shape index (κ2) is 11.2. The summed E-state index contributed by atoms with van der Waals surface area (Å²) in [5.74, 6) is 0. The van der Waals surface area contributed by atoms with Crippen LogP contribution in [-0.2, 0) is 4.74 Å². The van der Waals surface area contributed by atoms with Crippen LogP contribution < -0.4 is 5.73 Å². The van der Waals surface area contributed by atoms with Gasteiger partial charge in [0.15, 0.2) is 0 Å². The number of unbranched alkanes of at least 4 members (excludes halogenated alkanes) is 5. The highest BCUT2D eigenvalue weighted by molar-refractivity contribution is 9.10. The maximum Gasteiger partial charge on any atom is 0.0975 e. The summed E-state index contributed by atoms with van der Waals surface area (Å²) in [4.78, 5) is 0. The Morgan fingerprint density at radius 3 is 2.48 bits per heavy atom. The van der Waals surface area contributed by atoms with Crippen molar-refractivity contribution in [3.63, 3.8) is 0 Å². The van der Waals surface area contributed by atoms with E-state index in [2.05, 4.69) is 41.9 Å². The van der Waals surface area contributed by atoms with E-state index in [-0.39, 0.29) is 12.1 Å². The number of halogens is 1. The van der Waals surface area contributed by atoms with Crippen molar-refractivity contribution in [2.75, 3.05) is 6.61 Å². The van der Waals surface area contributed by atoms with E-state index >= 15 is 0 Å². The molecule has 21 heavy (non-hydrogen) atoms. The summed E-state index contributed by atoms with van der Waals surface area (Å²) >= 11 is 3.52. The first-order valence-electron chi connectivity index (χ1n) is 8.31. The summed E-state index contributed by atoms with van der Waals surface area (Å²) in [5.41, 5.74) is 7.41. The van der Waals surface area contributed by atoms with Crippen LogP contribution in [0.1, 0.15) is 70.5 Å². The lowest BCUT2D eigenvalue weighted by molar-refractivity contribution is 0.0310. The molecule has 0 aromatic heterocycles. The Hall–Kier alpha value is -0.380. The highest BCUT2D eigenvalue weighted by atomic mass is 79.9. The van der Waals surface area contributed by atoms with E-state index in [0.717, 1.165) is 23.9 Å². The van der Waals surface area contributed by atoms with E-state index in [4.69, 9.17) is 10.5 Å². The zero-order chi connectivity index (χ0) is 15.5. The fraction of sp³-hybridized carbons (Fsp3) is 0.667. The highest BCUT2D eigenvalue weighted by Gasteiger charge is 2.19. The van der Waals surface area contributed by atoms with Crippen molar-refractivity contribution in [1.29, 1.82) is 0 Å². The van der Waals surface area contributed by atoms with Gasteiger partial charge in [-0.3, -0.25) is 0 Å². The van der Waals surface area contributed by atoms with Crippen LogP contribution >= 0.6 is 15.9 Å². The number of nitrogens with two attached hydrogens (primary N) is 1. The summed E-state index contributed by atoms with van der Waals surface area (Å²) in [6.07, 6.45) is 8.63. The van der Waals surface area contributed by atoms with E-state index in [1.54, 1.807) is 0 Å². The van der Waals surface area contributed by atoms with Crippen LogP contribution in [0.2, 0.25) is 0 Å². The minimum Gasteiger partial charge on any atom is -0.372 e. The topological polar surface area (TPSA) is 35.2 Å². The van der Waals surface area contributed by atoms with Crippen molar-refractivity contribution >= 4 is 15.9 Å². The Kier molecular flexibility index (Phi) is 9.98. The van der Waals surface area contributed by atoms with Gasteiger partial charge in [0.1, 0.15) is 0 Å². The fourth-order valence-electron chi connectivity index (χ4n) is 2.46. The Labute approximate surface area is 138 Å². The molecular weight excluding hydrogens is 326 g/mol. The quantitative estimate of drug-likeness (QED) is 0.524. The van der Waals surface area contributed by atoms with Crippen molar-refractivity contribution in [2.24, 2.45) is 5.73 Å². The third-order valence-electron chi connectivity index (χ3n) is 3.83. The van der Waals surface area contributed by atoms with E-state index < -0.39 is 0 Å². The molecule has 1 aromatic carbocycles. The Bertz CT molecular complexity index is 383. The van der Waals surface area contributed by atoms with Crippen LogP contribution in [0.4, 0.5) is 0 Å². The second-order valence-electron chi connectivity index (χ2n) is 5.69. The molecule has 1 aromatic rings. The van der Waals surface area contributed by atoms with Gasteiger partial charge in [0.2, 0.25) is 0 Å². The molecule has 0 fully saturated rings. The van der Waals surface area contributed by atoms with Crippen LogP contribution in [0.15, 0.2) is 28.7 Å². The molecule has 0 saturated carbocycles. The van der Waals surface area contributed by atoms with E-state index in [9.17, 15) is 0 Å². The minimum atomic E-state index is 0.00291. The molecule has 120 valence electrons. The van der Waals surface area contributed by atoms with E-state index in [1.165, 1.54) is 37.7 Å². The first-order chi connectivity index (χ1) is 10.2. The van der Waals surface area contributed by atoms with Crippen LogP contribution in [0, 0.1) is 0 Å². The molecule has 0 amide bonds. The molecule has 0 aliphatic carbocycles. The summed E-state index contributed by atoms with van der Waals surface area (Å²) < 4.78 is 7.18. The molecule has 1 rings (SSSR count). The predicted octanol–water partition coefficient (Wildman–Crippen LogP) is 5.60. The van der Waals surface area contributed by atoms with Gasteiger partial charge < -0.3 is 10.5 Å². The Balaban J connectivity index is 2.41. The average molecular weight is 356 g/mol. The molecule has 0 radical (unpaired) electrons. The van der Waals surface area contributed by atoms with Crippen molar-refractivity contribution < 1.29 is 4.74 Å². The van der Waals surface area contributed by atoms with Gasteiger partial charge in [0.25, 0.3) is 0 Å². The van der Waals surface area contributed by atoms with Crippen molar-refractivity contribution in [1.82, 2.24) is 0 Å². The largest absolute Gasteiger partial charge is 0.372 e. The third-order valence-corrected chi connectivity index (χ3v) is 4.33. The second-order valence-corrected chi connectivity index (χ2v) is 6.60. The molecule has 0 spiro atoms. The van der Waals surface area contributed by atoms with Gasteiger partial charge in [-0.2, -0.15) is 0 Å². The molecule has 2 nitrogen and oxygen atoms in total. The number of benzene rings is 1. The average Bonchev–Trinajstić information content (AvgIpc) is 2.49. The number of rotatable bonds is 11. The number of hydrogen-bond acceptors (Lipinski definition) is 2. The first kappa shape index (κ1) is 18.7. The van der Waals surface area contributed by atoms with Crippen LogP contribution in [0.5, 0.6) is 0 Å². The van der Waals surface area contributed by atoms with Gasteiger partial charge in [-0.15, -0.1) is 0 Å². The molecule has 0 saturated heterocycles. The number of ether oxygens (including phenoxy) is 1. The molecule has 0 aliphatic heterocycles. The molecule has 0 aliphatic rings.